The number of nitrogens with two attached hydrogens (primary N) is 1. The molecule has 2 N–H and O–H groups in total. The Morgan fingerprint density at radius 1 is 0.654 bits per heavy atom. The van der Waals surface area contributed by atoms with Gasteiger partial charge in [0.25, 0.3) is 0 Å². The summed E-state index contributed by atoms with van der Waals surface area (Å²) in [5.74, 6) is 0. The zero-order valence-electron chi connectivity index (χ0n) is 17.3. The first kappa shape index (κ1) is 23.4. The highest BCUT2D eigenvalue weighted by atomic mass is 32.1. The van der Waals surface area contributed by atoms with Crippen LogP contribution in [0.3, 0.4) is 0 Å². The molecule has 0 saturated heterocycles. The van der Waals surface area contributed by atoms with Crippen molar-refractivity contribution >= 4 is 18.3 Å². The lowest BCUT2D eigenvalue weighted by molar-refractivity contribution is 0.529. The molecule has 0 spiro atoms. The van der Waals surface area contributed by atoms with Crippen LogP contribution >= 0.6 is 12.6 Å². The Hall–Kier alpha value is -0.630. The van der Waals surface area contributed by atoms with E-state index in [0.717, 1.165) is 17.0 Å². The lowest BCUT2D eigenvalue weighted by atomic mass is 10.0. The second kappa shape index (κ2) is 16.5. The molecule has 0 bridgehead atoms. The first-order valence-corrected chi connectivity index (χ1v) is 11.8. The van der Waals surface area contributed by atoms with Crippen molar-refractivity contribution in [2.45, 2.75) is 121 Å². The highest BCUT2D eigenvalue weighted by Gasteiger charge is 2.00. The van der Waals surface area contributed by atoms with Crippen molar-refractivity contribution < 1.29 is 0 Å². The molecule has 1 aromatic carbocycles. The van der Waals surface area contributed by atoms with Gasteiger partial charge in [-0.15, -0.1) is 12.6 Å². The number of hydrogen-bond donors (Lipinski definition) is 2. The maximum Gasteiger partial charge on any atom is 0.0317 e. The Labute approximate surface area is 168 Å². The molecule has 0 aliphatic carbocycles. The first-order valence-electron chi connectivity index (χ1n) is 11.3. The van der Waals surface area contributed by atoms with Crippen molar-refractivity contribution in [3.05, 3.63) is 23.8 Å². The summed E-state index contributed by atoms with van der Waals surface area (Å²) in [6.07, 6.45) is 23.8. The van der Waals surface area contributed by atoms with Crippen LogP contribution in [0.1, 0.15) is 115 Å². The van der Waals surface area contributed by atoms with E-state index in [0.29, 0.717) is 0 Å². The fraction of sp³-hybridized carbons (Fsp3) is 0.750. The third-order valence-corrected chi connectivity index (χ3v) is 5.84. The SMILES string of the molecule is CCCCCCCCCCCCCCCCCCc1cc(N)ccc1S. The van der Waals surface area contributed by atoms with Gasteiger partial charge in [-0.3, -0.25) is 0 Å². The van der Waals surface area contributed by atoms with Crippen LogP contribution in [0.4, 0.5) is 5.69 Å². The molecule has 0 aromatic heterocycles. The van der Waals surface area contributed by atoms with Crippen molar-refractivity contribution in [3.63, 3.8) is 0 Å². The normalized spacial score (nSPS) is 11.2. The summed E-state index contributed by atoms with van der Waals surface area (Å²) in [5.41, 5.74) is 8.01. The van der Waals surface area contributed by atoms with Crippen molar-refractivity contribution in [1.82, 2.24) is 0 Å². The summed E-state index contributed by atoms with van der Waals surface area (Å²) >= 11 is 4.52. The van der Waals surface area contributed by atoms with Gasteiger partial charge >= 0.3 is 0 Å². The molecule has 0 heterocycles. The van der Waals surface area contributed by atoms with Crippen LogP contribution in [0.25, 0.3) is 0 Å². The highest BCUT2D eigenvalue weighted by Crippen LogP contribution is 2.20. The summed E-state index contributed by atoms with van der Waals surface area (Å²) in [7, 11) is 0. The minimum absolute atomic E-state index is 0.856. The van der Waals surface area contributed by atoms with E-state index in [1.165, 1.54) is 108 Å². The molecule has 1 nitrogen and oxygen atoms in total. The van der Waals surface area contributed by atoms with Crippen molar-refractivity contribution in [1.29, 1.82) is 0 Å². The number of thiol groups is 1. The molecular formula is C24H43NS. The van der Waals surface area contributed by atoms with Gasteiger partial charge in [0.05, 0.1) is 0 Å². The van der Waals surface area contributed by atoms with Gasteiger partial charge in [0.2, 0.25) is 0 Å². The average Bonchev–Trinajstić information content (AvgIpc) is 2.64. The third kappa shape index (κ3) is 12.7. The number of rotatable bonds is 17. The quantitative estimate of drug-likeness (QED) is 0.159. The minimum Gasteiger partial charge on any atom is -0.399 e. The van der Waals surface area contributed by atoms with Crippen molar-refractivity contribution in [2.24, 2.45) is 0 Å². The minimum atomic E-state index is 0.856. The van der Waals surface area contributed by atoms with Crippen molar-refractivity contribution in [2.75, 3.05) is 5.73 Å². The van der Waals surface area contributed by atoms with E-state index in [1.54, 1.807) is 0 Å². The molecule has 150 valence electrons. The van der Waals surface area contributed by atoms with Gasteiger partial charge in [-0.1, -0.05) is 103 Å². The van der Waals surface area contributed by atoms with Crippen molar-refractivity contribution in [3.8, 4) is 0 Å². The Bertz CT molecular complexity index is 444. The zero-order valence-corrected chi connectivity index (χ0v) is 18.2. The largest absolute Gasteiger partial charge is 0.399 e. The molecular weight excluding hydrogens is 334 g/mol. The average molecular weight is 378 g/mol. The van der Waals surface area contributed by atoms with E-state index >= 15 is 0 Å². The first-order chi connectivity index (χ1) is 12.7. The molecule has 1 aromatic rings. The predicted octanol–water partition coefficient (Wildman–Crippen LogP) is 8.36. The Morgan fingerprint density at radius 2 is 1.08 bits per heavy atom. The topological polar surface area (TPSA) is 26.0 Å². The van der Waals surface area contributed by atoms with Crippen LogP contribution in [-0.2, 0) is 6.42 Å². The number of hydrogen-bond acceptors (Lipinski definition) is 2. The van der Waals surface area contributed by atoms with E-state index in [1.807, 2.05) is 12.1 Å². The summed E-state index contributed by atoms with van der Waals surface area (Å²) < 4.78 is 0. The molecule has 0 radical (unpaired) electrons. The Kier molecular flexibility index (Phi) is 14.9. The molecule has 1 rings (SSSR count). The smallest absolute Gasteiger partial charge is 0.0317 e. The fourth-order valence-electron chi connectivity index (χ4n) is 3.67. The van der Waals surface area contributed by atoms with Gasteiger partial charge in [0, 0.05) is 10.6 Å². The van der Waals surface area contributed by atoms with Crippen LogP contribution in [0, 0.1) is 0 Å². The standard InChI is InChI=1S/C24H43NS/c1-2-3-4-5-6-7-8-9-10-11-12-13-14-15-16-17-18-22-21-23(25)19-20-24(22)26/h19-21,26H,2-18,25H2,1H3. The number of unbranched alkanes of at least 4 members (excludes halogenated alkanes) is 15. The van der Waals surface area contributed by atoms with E-state index in [9.17, 15) is 0 Å². The zero-order chi connectivity index (χ0) is 18.9. The molecule has 2 heteroatoms. The van der Waals surface area contributed by atoms with Gasteiger partial charge in [0.1, 0.15) is 0 Å². The van der Waals surface area contributed by atoms with Gasteiger partial charge in [0.15, 0.2) is 0 Å². The van der Waals surface area contributed by atoms with Gasteiger partial charge in [-0.2, -0.15) is 0 Å². The molecule has 0 amide bonds. The van der Waals surface area contributed by atoms with Crippen LogP contribution in [0.2, 0.25) is 0 Å². The number of anilines is 1. The second-order valence-electron chi connectivity index (χ2n) is 7.94. The van der Waals surface area contributed by atoms with Crippen LogP contribution < -0.4 is 5.73 Å². The fourth-order valence-corrected chi connectivity index (χ4v) is 3.92. The summed E-state index contributed by atoms with van der Waals surface area (Å²) in [6.45, 7) is 2.29. The number of aryl methyl sites for hydroxylation is 1. The molecule has 0 saturated carbocycles. The van der Waals surface area contributed by atoms with Crippen LogP contribution in [0.15, 0.2) is 23.1 Å². The van der Waals surface area contributed by atoms with Crippen LogP contribution in [-0.4, -0.2) is 0 Å². The lowest BCUT2D eigenvalue weighted by Crippen LogP contribution is -1.92. The van der Waals surface area contributed by atoms with E-state index < -0.39 is 0 Å². The molecule has 0 aliphatic rings. The van der Waals surface area contributed by atoms with Gasteiger partial charge < -0.3 is 5.73 Å². The van der Waals surface area contributed by atoms with Gasteiger partial charge in [-0.05, 0) is 36.6 Å². The maximum absolute atomic E-state index is 5.85. The maximum atomic E-state index is 5.85. The highest BCUT2D eigenvalue weighted by molar-refractivity contribution is 7.80. The lowest BCUT2D eigenvalue weighted by Gasteiger charge is -2.06. The summed E-state index contributed by atoms with van der Waals surface area (Å²) in [4.78, 5) is 1.08. The van der Waals surface area contributed by atoms with Crippen LogP contribution in [0.5, 0.6) is 0 Å². The molecule has 26 heavy (non-hydrogen) atoms. The molecule has 0 aliphatic heterocycles. The van der Waals surface area contributed by atoms with E-state index in [2.05, 4.69) is 25.6 Å². The monoisotopic (exact) mass is 377 g/mol. The third-order valence-electron chi connectivity index (χ3n) is 5.40. The van der Waals surface area contributed by atoms with E-state index in [-0.39, 0.29) is 0 Å². The summed E-state index contributed by atoms with van der Waals surface area (Å²) in [6, 6.07) is 6.02. The van der Waals surface area contributed by atoms with E-state index in [4.69, 9.17) is 5.73 Å². The molecule has 0 unspecified atom stereocenters. The predicted molar refractivity (Wildman–Crippen MR) is 121 cm³/mol. The molecule has 0 fully saturated rings. The Morgan fingerprint density at radius 3 is 1.54 bits per heavy atom. The molecule has 0 atom stereocenters. The summed E-state index contributed by atoms with van der Waals surface area (Å²) in [5, 5.41) is 0. The second-order valence-corrected chi connectivity index (χ2v) is 8.42. The Balaban J connectivity index is 1.80. The number of nitrogen functional groups attached to an aromatic ring is 1. The number of benzene rings is 1. The van der Waals surface area contributed by atoms with Gasteiger partial charge in [-0.25, -0.2) is 0 Å².